The zero-order valence-corrected chi connectivity index (χ0v) is 16.8. The van der Waals surface area contributed by atoms with Crippen LogP contribution in [0.25, 0.3) is 0 Å². The van der Waals surface area contributed by atoms with Crippen molar-refractivity contribution in [2.24, 2.45) is 0 Å². The third-order valence-corrected chi connectivity index (χ3v) is 5.71. The Hall–Kier alpha value is -2.62. The van der Waals surface area contributed by atoms with Gasteiger partial charge in [-0.2, -0.15) is 4.72 Å². The van der Waals surface area contributed by atoms with Gasteiger partial charge < -0.3 is 15.7 Å². The van der Waals surface area contributed by atoms with E-state index in [0.717, 1.165) is 11.6 Å². The minimum atomic E-state index is -3.90. The maximum absolute atomic E-state index is 12.5. The Kier molecular flexibility index (Phi) is 7.00. The van der Waals surface area contributed by atoms with Gasteiger partial charge in [0.05, 0.1) is 21.3 Å². The number of phenols is 1. The molecular weight excluding hydrogens is 406 g/mol. The smallest absolute Gasteiger partial charge is 0.242 e. The average Bonchev–Trinajstić information content (AvgIpc) is 2.64. The van der Waals surface area contributed by atoms with Crippen molar-refractivity contribution < 1.29 is 23.1 Å². The summed E-state index contributed by atoms with van der Waals surface area (Å²) in [6, 6.07) is 7.59. The molecule has 0 saturated carbocycles. The molecule has 0 heterocycles. The highest BCUT2D eigenvalue weighted by Crippen LogP contribution is 2.33. The number of anilines is 2. The Labute approximate surface area is 168 Å². The lowest BCUT2D eigenvalue weighted by atomic mass is 10.2. The van der Waals surface area contributed by atoms with Crippen LogP contribution in [0.3, 0.4) is 0 Å². The maximum atomic E-state index is 12.5. The van der Waals surface area contributed by atoms with Crippen molar-refractivity contribution in [3.63, 3.8) is 0 Å². The molecule has 0 fully saturated rings. The minimum absolute atomic E-state index is 0.0457. The van der Waals surface area contributed by atoms with Gasteiger partial charge in [0.15, 0.2) is 0 Å². The van der Waals surface area contributed by atoms with Crippen molar-refractivity contribution in [3.05, 3.63) is 47.0 Å². The van der Waals surface area contributed by atoms with Crippen LogP contribution in [0.5, 0.6) is 5.75 Å². The highest BCUT2D eigenvalue weighted by molar-refractivity contribution is 7.89. The molecule has 1 atom stereocenters. The predicted octanol–water partition coefficient (Wildman–Crippen LogP) is 2.62. The lowest BCUT2D eigenvalue weighted by Crippen LogP contribution is -2.43. The van der Waals surface area contributed by atoms with Crippen LogP contribution in [-0.4, -0.2) is 31.9 Å². The van der Waals surface area contributed by atoms with E-state index < -0.39 is 22.0 Å². The zero-order chi connectivity index (χ0) is 20.9. The van der Waals surface area contributed by atoms with Crippen LogP contribution < -0.4 is 15.4 Å². The number of hydrogen-bond donors (Lipinski definition) is 4. The van der Waals surface area contributed by atoms with E-state index in [1.807, 2.05) is 6.92 Å². The fraction of sp³-hybridized carbons (Fsp3) is 0.222. The molecule has 2 rings (SSSR count). The van der Waals surface area contributed by atoms with E-state index in [4.69, 9.17) is 11.6 Å². The standard InChI is InChI=1S/C18H20ClN3O5S/c1-3-14(22-28(26,27)12-6-4-11(2)5-7-12)18(25)21-15-9-17(24)16(20-10-23)8-13(15)19/h4-10,14,22,24H,3H2,1-2H3,(H,20,23)(H,21,25). The topological polar surface area (TPSA) is 125 Å². The van der Waals surface area contributed by atoms with Crippen molar-refractivity contribution in [1.29, 1.82) is 0 Å². The third kappa shape index (κ3) is 5.22. The van der Waals surface area contributed by atoms with Gasteiger partial charge in [0.25, 0.3) is 0 Å². The van der Waals surface area contributed by atoms with Crippen molar-refractivity contribution >= 4 is 45.3 Å². The number of rotatable bonds is 8. The molecule has 0 aromatic heterocycles. The van der Waals surface area contributed by atoms with E-state index >= 15 is 0 Å². The molecule has 1 unspecified atom stereocenters. The first-order valence-corrected chi connectivity index (χ1v) is 10.2. The fourth-order valence-corrected chi connectivity index (χ4v) is 3.84. The van der Waals surface area contributed by atoms with E-state index in [0.29, 0.717) is 6.41 Å². The number of carbonyl (C=O) groups is 2. The number of phenolic OH excluding ortho intramolecular Hbond substituents is 1. The Morgan fingerprint density at radius 3 is 2.43 bits per heavy atom. The summed E-state index contributed by atoms with van der Waals surface area (Å²) in [5.74, 6) is -0.948. The van der Waals surface area contributed by atoms with Crippen molar-refractivity contribution in [3.8, 4) is 5.75 Å². The first kappa shape index (κ1) is 21.7. The molecule has 10 heteroatoms. The molecule has 28 heavy (non-hydrogen) atoms. The van der Waals surface area contributed by atoms with Gasteiger partial charge >= 0.3 is 0 Å². The molecule has 2 aromatic rings. The molecule has 0 saturated heterocycles. The lowest BCUT2D eigenvalue weighted by Gasteiger charge is -2.18. The summed E-state index contributed by atoms with van der Waals surface area (Å²) in [6.45, 7) is 3.49. The van der Waals surface area contributed by atoms with Crippen LogP contribution >= 0.6 is 11.6 Å². The van der Waals surface area contributed by atoms with Gasteiger partial charge in [-0.05, 0) is 31.5 Å². The number of halogens is 1. The van der Waals surface area contributed by atoms with Gasteiger partial charge in [0.2, 0.25) is 22.3 Å². The number of benzene rings is 2. The highest BCUT2D eigenvalue weighted by Gasteiger charge is 2.25. The van der Waals surface area contributed by atoms with Crippen LogP contribution in [0.4, 0.5) is 11.4 Å². The second-order valence-electron chi connectivity index (χ2n) is 6.00. The number of sulfonamides is 1. The van der Waals surface area contributed by atoms with Crippen LogP contribution in [0.1, 0.15) is 18.9 Å². The van der Waals surface area contributed by atoms with E-state index in [2.05, 4.69) is 15.4 Å². The molecule has 0 aliphatic carbocycles. The molecular formula is C18H20ClN3O5S. The fourth-order valence-electron chi connectivity index (χ4n) is 2.35. The second-order valence-corrected chi connectivity index (χ2v) is 8.12. The summed E-state index contributed by atoms with van der Waals surface area (Å²) in [4.78, 5) is 23.1. The molecule has 2 amide bonds. The van der Waals surface area contributed by atoms with Crippen molar-refractivity contribution in [2.45, 2.75) is 31.2 Å². The van der Waals surface area contributed by atoms with Crippen LogP contribution in [-0.2, 0) is 19.6 Å². The van der Waals surface area contributed by atoms with E-state index in [1.54, 1.807) is 19.1 Å². The first-order valence-electron chi connectivity index (χ1n) is 8.30. The molecule has 8 nitrogen and oxygen atoms in total. The molecule has 2 aromatic carbocycles. The molecule has 150 valence electrons. The normalized spacial score (nSPS) is 12.2. The minimum Gasteiger partial charge on any atom is -0.506 e. The van der Waals surface area contributed by atoms with E-state index in [1.165, 1.54) is 18.2 Å². The van der Waals surface area contributed by atoms with Gasteiger partial charge in [0, 0.05) is 6.07 Å². The Morgan fingerprint density at radius 1 is 1.21 bits per heavy atom. The number of hydrogen-bond acceptors (Lipinski definition) is 5. The number of aromatic hydroxyl groups is 1. The first-order chi connectivity index (χ1) is 13.2. The van der Waals surface area contributed by atoms with Gasteiger partial charge in [-0.1, -0.05) is 36.2 Å². The van der Waals surface area contributed by atoms with Crippen molar-refractivity contribution in [2.75, 3.05) is 10.6 Å². The SMILES string of the molecule is CCC(NS(=O)(=O)c1ccc(C)cc1)C(=O)Nc1cc(O)c(NC=O)cc1Cl. The van der Waals surface area contributed by atoms with Crippen LogP contribution in [0, 0.1) is 6.92 Å². The van der Waals surface area contributed by atoms with Crippen LogP contribution in [0.2, 0.25) is 5.02 Å². The van der Waals surface area contributed by atoms with Crippen molar-refractivity contribution in [1.82, 2.24) is 4.72 Å². The van der Waals surface area contributed by atoms with E-state index in [9.17, 15) is 23.1 Å². The summed E-state index contributed by atoms with van der Waals surface area (Å²) < 4.78 is 27.4. The summed E-state index contributed by atoms with van der Waals surface area (Å²) in [6.07, 6.45) is 0.557. The highest BCUT2D eigenvalue weighted by atomic mass is 35.5. The van der Waals surface area contributed by atoms with Gasteiger partial charge in [0.1, 0.15) is 11.8 Å². The molecule has 0 aliphatic heterocycles. The molecule has 0 spiro atoms. The summed E-state index contributed by atoms with van der Waals surface area (Å²) in [5, 5.41) is 14.7. The Morgan fingerprint density at radius 2 is 1.86 bits per heavy atom. The summed E-state index contributed by atoms with van der Waals surface area (Å²) >= 11 is 6.05. The van der Waals surface area contributed by atoms with Gasteiger partial charge in [-0.25, -0.2) is 8.42 Å². The van der Waals surface area contributed by atoms with Gasteiger partial charge in [-0.15, -0.1) is 0 Å². The predicted molar refractivity (Wildman–Crippen MR) is 107 cm³/mol. The quantitative estimate of drug-likeness (QED) is 0.382. The molecule has 0 aliphatic rings. The number of aryl methyl sites for hydroxylation is 1. The monoisotopic (exact) mass is 425 g/mol. The summed E-state index contributed by atoms with van der Waals surface area (Å²) in [7, 11) is -3.90. The molecule has 0 radical (unpaired) electrons. The molecule has 4 N–H and O–H groups in total. The lowest BCUT2D eigenvalue weighted by molar-refractivity contribution is -0.117. The number of amides is 2. The Bertz CT molecular complexity index is 977. The number of nitrogens with one attached hydrogen (secondary N) is 3. The summed E-state index contributed by atoms with van der Waals surface area (Å²) in [5.41, 5.74) is 1.06. The average molecular weight is 426 g/mol. The van der Waals surface area contributed by atoms with Gasteiger partial charge in [-0.3, -0.25) is 9.59 Å². The largest absolute Gasteiger partial charge is 0.506 e. The Balaban J connectivity index is 2.18. The second kappa shape index (κ2) is 9.05. The van der Waals surface area contributed by atoms with Crippen LogP contribution in [0.15, 0.2) is 41.3 Å². The number of carbonyl (C=O) groups excluding carboxylic acids is 2. The van der Waals surface area contributed by atoms with E-state index in [-0.39, 0.29) is 33.5 Å². The molecule has 0 bridgehead atoms. The maximum Gasteiger partial charge on any atom is 0.242 e. The third-order valence-electron chi connectivity index (χ3n) is 3.91. The zero-order valence-electron chi connectivity index (χ0n) is 15.2.